The maximum Gasteiger partial charge on any atom is 0.147 e. The molecular formula is C9H19NO3S. The van der Waals surface area contributed by atoms with Crippen LogP contribution in [0.25, 0.3) is 0 Å². The molecule has 0 saturated carbocycles. The number of carbonyl (C=O) groups excluding carboxylic acids is 1. The van der Waals surface area contributed by atoms with E-state index in [2.05, 4.69) is 5.32 Å². The monoisotopic (exact) mass is 221 g/mol. The lowest BCUT2D eigenvalue weighted by molar-refractivity contribution is -0.119. The lowest BCUT2D eigenvalue weighted by atomic mass is 10.1. The van der Waals surface area contributed by atoms with E-state index in [1.54, 1.807) is 0 Å². The zero-order valence-electron chi connectivity index (χ0n) is 9.04. The van der Waals surface area contributed by atoms with E-state index in [0.29, 0.717) is 6.42 Å². The van der Waals surface area contributed by atoms with Gasteiger partial charge < -0.3 is 5.32 Å². The minimum atomic E-state index is -3.01. The van der Waals surface area contributed by atoms with E-state index in [1.807, 2.05) is 13.8 Å². The quantitative estimate of drug-likeness (QED) is 0.675. The van der Waals surface area contributed by atoms with Gasteiger partial charge in [-0.15, -0.1) is 0 Å². The van der Waals surface area contributed by atoms with Crippen LogP contribution < -0.4 is 5.32 Å². The largest absolute Gasteiger partial charge is 0.314 e. The van der Waals surface area contributed by atoms with Crippen molar-refractivity contribution in [2.75, 3.05) is 18.6 Å². The van der Waals surface area contributed by atoms with Gasteiger partial charge in [0.2, 0.25) is 0 Å². The first kappa shape index (κ1) is 13.6. The van der Waals surface area contributed by atoms with Gasteiger partial charge in [0.25, 0.3) is 0 Å². The summed E-state index contributed by atoms with van der Waals surface area (Å²) < 4.78 is 21.6. The van der Waals surface area contributed by atoms with Gasteiger partial charge in [0.15, 0.2) is 0 Å². The third-order valence-electron chi connectivity index (χ3n) is 1.84. The summed E-state index contributed by atoms with van der Waals surface area (Å²) in [6.07, 6.45) is 1.69. The normalized spacial score (nSPS) is 13.9. The lowest BCUT2D eigenvalue weighted by Gasteiger charge is -2.10. The Kier molecular flexibility index (Phi) is 5.95. The molecule has 0 aliphatic carbocycles. The van der Waals surface area contributed by atoms with Gasteiger partial charge in [-0.1, -0.05) is 6.92 Å². The minimum absolute atomic E-state index is 0.00359. The second kappa shape index (κ2) is 6.14. The molecule has 0 aliphatic rings. The van der Waals surface area contributed by atoms with Crippen molar-refractivity contribution in [3.05, 3.63) is 0 Å². The summed E-state index contributed by atoms with van der Waals surface area (Å²) in [5.41, 5.74) is 0. The Morgan fingerprint density at radius 1 is 1.43 bits per heavy atom. The Morgan fingerprint density at radius 2 is 2.00 bits per heavy atom. The van der Waals surface area contributed by atoms with Crippen molar-refractivity contribution in [3.8, 4) is 0 Å². The van der Waals surface area contributed by atoms with Crippen LogP contribution in [0.3, 0.4) is 0 Å². The van der Waals surface area contributed by atoms with Crippen LogP contribution in [-0.2, 0) is 14.6 Å². The van der Waals surface area contributed by atoms with E-state index < -0.39 is 9.84 Å². The van der Waals surface area contributed by atoms with E-state index in [0.717, 1.165) is 12.8 Å². The predicted molar refractivity (Wildman–Crippen MR) is 57.1 cm³/mol. The number of hydrogen-bond donors (Lipinski definition) is 1. The molecule has 1 atom stereocenters. The van der Waals surface area contributed by atoms with Gasteiger partial charge in [0.05, 0.1) is 5.75 Å². The van der Waals surface area contributed by atoms with Crippen LogP contribution in [0.2, 0.25) is 0 Å². The third kappa shape index (κ3) is 8.19. The number of Topliss-reactive ketones (excluding diaryl/α,β-unsaturated/α-hetero) is 1. The summed E-state index contributed by atoms with van der Waals surface area (Å²) in [7, 11) is -3.01. The Bertz CT molecular complexity index is 272. The molecule has 1 unspecified atom stereocenters. The zero-order valence-corrected chi connectivity index (χ0v) is 9.86. The van der Waals surface area contributed by atoms with Crippen LogP contribution in [0, 0.1) is 0 Å². The highest BCUT2D eigenvalue weighted by Crippen LogP contribution is 1.98. The molecule has 0 amide bonds. The average Bonchev–Trinajstić information content (AvgIpc) is 2.00. The minimum Gasteiger partial charge on any atom is -0.314 e. The smallest absolute Gasteiger partial charge is 0.147 e. The van der Waals surface area contributed by atoms with Crippen LogP contribution in [-0.4, -0.2) is 38.8 Å². The van der Waals surface area contributed by atoms with Crippen LogP contribution in [0.5, 0.6) is 0 Å². The van der Waals surface area contributed by atoms with E-state index in [1.165, 1.54) is 0 Å². The van der Waals surface area contributed by atoms with Gasteiger partial charge in [-0.05, 0) is 13.5 Å². The van der Waals surface area contributed by atoms with Crippen LogP contribution >= 0.6 is 0 Å². The molecule has 0 aromatic carbocycles. The topological polar surface area (TPSA) is 63.2 Å². The Labute approximate surface area is 86.0 Å². The maximum absolute atomic E-state index is 11.3. The van der Waals surface area contributed by atoms with E-state index >= 15 is 0 Å². The molecule has 14 heavy (non-hydrogen) atoms. The molecule has 5 heteroatoms. The van der Waals surface area contributed by atoms with Crippen molar-refractivity contribution in [1.82, 2.24) is 5.32 Å². The summed E-state index contributed by atoms with van der Waals surface area (Å²) in [5, 5.41) is 3.10. The first-order valence-electron chi connectivity index (χ1n) is 4.78. The van der Waals surface area contributed by atoms with Gasteiger partial charge in [-0.2, -0.15) is 0 Å². The molecule has 0 fully saturated rings. The van der Waals surface area contributed by atoms with Gasteiger partial charge >= 0.3 is 0 Å². The van der Waals surface area contributed by atoms with Gasteiger partial charge in [0, 0.05) is 25.1 Å². The molecule has 1 N–H and O–H groups in total. The van der Waals surface area contributed by atoms with Crippen molar-refractivity contribution in [1.29, 1.82) is 0 Å². The molecule has 0 radical (unpaired) electrons. The number of rotatable bonds is 7. The number of ketones is 1. The standard InChI is InChI=1S/C9H19NO3S/c1-4-10-8(2)7-9(11)5-6-14(3,12)13/h8,10H,4-7H2,1-3H3. The highest BCUT2D eigenvalue weighted by atomic mass is 32.2. The lowest BCUT2D eigenvalue weighted by Crippen LogP contribution is -2.28. The highest BCUT2D eigenvalue weighted by molar-refractivity contribution is 7.90. The average molecular weight is 221 g/mol. The van der Waals surface area contributed by atoms with E-state index in [9.17, 15) is 13.2 Å². The fourth-order valence-corrected chi connectivity index (χ4v) is 1.76. The molecule has 0 spiro atoms. The Hall–Kier alpha value is -0.420. The van der Waals surface area contributed by atoms with Gasteiger partial charge in [0.1, 0.15) is 15.6 Å². The molecule has 0 aromatic heterocycles. The fraction of sp³-hybridized carbons (Fsp3) is 0.889. The van der Waals surface area contributed by atoms with Gasteiger partial charge in [-0.25, -0.2) is 8.42 Å². The number of sulfone groups is 1. The van der Waals surface area contributed by atoms with Crippen LogP contribution in [0.4, 0.5) is 0 Å². The fourth-order valence-electron chi connectivity index (χ4n) is 1.16. The molecule has 0 aliphatic heterocycles. The summed E-state index contributed by atoms with van der Waals surface area (Å²) >= 11 is 0. The van der Waals surface area contributed by atoms with Crippen LogP contribution in [0.15, 0.2) is 0 Å². The summed E-state index contributed by atoms with van der Waals surface area (Å²) in [6, 6.07) is 0.132. The van der Waals surface area contributed by atoms with Crippen molar-refractivity contribution in [3.63, 3.8) is 0 Å². The van der Waals surface area contributed by atoms with Crippen LogP contribution in [0.1, 0.15) is 26.7 Å². The van der Waals surface area contributed by atoms with E-state index in [-0.39, 0.29) is 24.0 Å². The molecule has 84 valence electrons. The highest BCUT2D eigenvalue weighted by Gasteiger charge is 2.10. The molecular weight excluding hydrogens is 202 g/mol. The second-order valence-corrected chi connectivity index (χ2v) is 5.84. The van der Waals surface area contributed by atoms with Crippen molar-refractivity contribution >= 4 is 15.6 Å². The third-order valence-corrected chi connectivity index (χ3v) is 2.78. The Morgan fingerprint density at radius 3 is 2.43 bits per heavy atom. The first-order chi connectivity index (χ1) is 6.35. The van der Waals surface area contributed by atoms with Gasteiger partial charge in [-0.3, -0.25) is 4.79 Å². The molecule has 0 bridgehead atoms. The zero-order chi connectivity index (χ0) is 11.2. The molecule has 0 heterocycles. The summed E-state index contributed by atoms with van der Waals surface area (Å²) in [4.78, 5) is 11.3. The summed E-state index contributed by atoms with van der Waals surface area (Å²) in [5.74, 6) is -0.0334. The maximum atomic E-state index is 11.3. The molecule has 0 saturated heterocycles. The summed E-state index contributed by atoms with van der Waals surface area (Å²) in [6.45, 7) is 4.71. The number of carbonyl (C=O) groups is 1. The number of nitrogens with one attached hydrogen (secondary N) is 1. The predicted octanol–water partition coefficient (Wildman–Crippen LogP) is 0.378. The molecule has 0 aromatic rings. The first-order valence-corrected chi connectivity index (χ1v) is 6.84. The van der Waals surface area contributed by atoms with Crippen molar-refractivity contribution in [2.24, 2.45) is 0 Å². The number of hydrogen-bond acceptors (Lipinski definition) is 4. The van der Waals surface area contributed by atoms with E-state index in [4.69, 9.17) is 0 Å². The SMILES string of the molecule is CCNC(C)CC(=O)CCS(C)(=O)=O. The molecule has 0 rings (SSSR count). The van der Waals surface area contributed by atoms with Crippen molar-refractivity contribution in [2.45, 2.75) is 32.7 Å². The molecule has 4 nitrogen and oxygen atoms in total. The second-order valence-electron chi connectivity index (χ2n) is 3.58. The Balaban J connectivity index is 3.77. The van der Waals surface area contributed by atoms with Crippen molar-refractivity contribution < 1.29 is 13.2 Å².